The zero-order chi connectivity index (χ0) is 8.10. The third-order valence-corrected chi connectivity index (χ3v) is 3.34. The molecule has 0 saturated heterocycles. The van der Waals surface area contributed by atoms with Gasteiger partial charge in [0.05, 0.1) is 0 Å². The highest BCUT2D eigenvalue weighted by Crippen LogP contribution is 2.19. The second-order valence-corrected chi connectivity index (χ2v) is 4.42. The summed E-state index contributed by atoms with van der Waals surface area (Å²) in [6, 6.07) is 0. The van der Waals surface area contributed by atoms with Crippen LogP contribution in [0.15, 0.2) is 0 Å². The van der Waals surface area contributed by atoms with Gasteiger partial charge in [0.1, 0.15) is 0 Å². The van der Waals surface area contributed by atoms with Gasteiger partial charge >= 0.3 is 0 Å². The first kappa shape index (κ1) is 9.20. The first-order valence-electron chi connectivity index (χ1n) is 4.39. The fourth-order valence-corrected chi connectivity index (χ4v) is 2.33. The van der Waals surface area contributed by atoms with Gasteiger partial charge < -0.3 is 4.55 Å². The zero-order valence-electron chi connectivity index (χ0n) is 6.75. The van der Waals surface area contributed by atoms with E-state index in [2.05, 4.69) is 0 Å². The van der Waals surface area contributed by atoms with Crippen LogP contribution in [0.3, 0.4) is 0 Å². The Morgan fingerprint density at radius 3 is 1.91 bits per heavy atom. The highest BCUT2D eigenvalue weighted by Gasteiger charge is 2.10. The molecule has 11 heavy (non-hydrogen) atoms. The van der Waals surface area contributed by atoms with Crippen LogP contribution < -0.4 is 0 Å². The van der Waals surface area contributed by atoms with Gasteiger partial charge in [-0.1, -0.05) is 43.2 Å². The molecule has 1 unspecified atom stereocenters. The Morgan fingerprint density at radius 2 is 1.45 bits per heavy atom. The summed E-state index contributed by atoms with van der Waals surface area (Å²) in [5, 5.41) is -0.0460. The van der Waals surface area contributed by atoms with Gasteiger partial charge in [0.25, 0.3) is 0 Å². The summed E-state index contributed by atoms with van der Waals surface area (Å²) in [4.78, 5) is 0. The van der Waals surface area contributed by atoms with Crippen molar-refractivity contribution in [2.75, 3.05) is 0 Å². The van der Waals surface area contributed by atoms with E-state index >= 15 is 0 Å². The average Bonchev–Trinajstić information content (AvgIpc) is 1.84. The smallest absolute Gasteiger partial charge is 0.0215 e. The van der Waals surface area contributed by atoms with Crippen LogP contribution in [0, 0.1) is 0 Å². The minimum Gasteiger partial charge on any atom is -0.772 e. The fourth-order valence-electron chi connectivity index (χ4n) is 1.61. The van der Waals surface area contributed by atoms with Crippen molar-refractivity contribution in [3.05, 3.63) is 0 Å². The van der Waals surface area contributed by atoms with Gasteiger partial charge in [-0.05, 0) is 12.8 Å². The van der Waals surface area contributed by atoms with Crippen molar-refractivity contribution < 1.29 is 8.76 Å². The molecule has 1 fully saturated rings. The second-order valence-electron chi connectivity index (χ2n) is 3.23. The SMILES string of the molecule is O=S([O-])C1CCCCCCC1. The van der Waals surface area contributed by atoms with E-state index in [-0.39, 0.29) is 5.25 Å². The Hall–Kier alpha value is 0.110. The number of hydrogen-bond acceptors (Lipinski definition) is 2. The quantitative estimate of drug-likeness (QED) is 0.572. The molecule has 1 saturated carbocycles. The minimum absolute atomic E-state index is 0.0460. The molecule has 1 atom stereocenters. The predicted molar refractivity (Wildman–Crippen MR) is 45.0 cm³/mol. The highest BCUT2D eigenvalue weighted by molar-refractivity contribution is 7.79. The summed E-state index contributed by atoms with van der Waals surface area (Å²) in [7, 11) is 0. The van der Waals surface area contributed by atoms with E-state index in [0.29, 0.717) is 0 Å². The number of rotatable bonds is 1. The molecule has 0 radical (unpaired) electrons. The van der Waals surface area contributed by atoms with E-state index in [4.69, 9.17) is 0 Å². The molecule has 66 valence electrons. The molecule has 1 rings (SSSR count). The van der Waals surface area contributed by atoms with Crippen molar-refractivity contribution in [2.24, 2.45) is 0 Å². The molecule has 0 spiro atoms. The molecule has 0 heterocycles. The van der Waals surface area contributed by atoms with E-state index in [0.717, 1.165) is 25.7 Å². The molecule has 0 bridgehead atoms. The molecular formula is C8H15O2S-. The van der Waals surface area contributed by atoms with Crippen LogP contribution in [-0.4, -0.2) is 14.0 Å². The summed E-state index contributed by atoms with van der Waals surface area (Å²) < 4.78 is 21.2. The van der Waals surface area contributed by atoms with Crippen LogP contribution in [0.4, 0.5) is 0 Å². The summed E-state index contributed by atoms with van der Waals surface area (Å²) >= 11 is -1.82. The van der Waals surface area contributed by atoms with Crippen LogP contribution in [0.1, 0.15) is 44.9 Å². The molecule has 3 heteroatoms. The van der Waals surface area contributed by atoms with E-state index in [1.54, 1.807) is 0 Å². The van der Waals surface area contributed by atoms with Gasteiger partial charge in [-0.25, -0.2) is 0 Å². The lowest BCUT2D eigenvalue weighted by Crippen LogP contribution is -2.15. The van der Waals surface area contributed by atoms with Crippen molar-refractivity contribution in [3.63, 3.8) is 0 Å². The Labute approximate surface area is 70.7 Å². The maximum Gasteiger partial charge on any atom is 0.0215 e. The summed E-state index contributed by atoms with van der Waals surface area (Å²) in [6.07, 6.45) is 7.68. The molecule has 0 aromatic rings. The Balaban J connectivity index is 2.32. The maximum absolute atomic E-state index is 10.6. The first-order chi connectivity index (χ1) is 5.30. The van der Waals surface area contributed by atoms with Crippen LogP contribution in [0.25, 0.3) is 0 Å². The van der Waals surface area contributed by atoms with Crippen LogP contribution >= 0.6 is 0 Å². The van der Waals surface area contributed by atoms with Crippen LogP contribution in [0.2, 0.25) is 0 Å². The van der Waals surface area contributed by atoms with Crippen molar-refractivity contribution in [1.82, 2.24) is 0 Å². The third kappa shape index (κ3) is 3.34. The number of hydrogen-bond donors (Lipinski definition) is 0. The third-order valence-electron chi connectivity index (χ3n) is 2.32. The lowest BCUT2D eigenvalue weighted by atomic mass is 10.0. The average molecular weight is 175 g/mol. The Morgan fingerprint density at radius 1 is 1.00 bits per heavy atom. The van der Waals surface area contributed by atoms with E-state index < -0.39 is 11.1 Å². The van der Waals surface area contributed by atoms with Crippen molar-refractivity contribution >= 4 is 11.1 Å². The van der Waals surface area contributed by atoms with Crippen molar-refractivity contribution in [1.29, 1.82) is 0 Å². The molecule has 1 aliphatic rings. The van der Waals surface area contributed by atoms with Gasteiger partial charge in [0.15, 0.2) is 0 Å². The van der Waals surface area contributed by atoms with E-state index in [9.17, 15) is 8.76 Å². The topological polar surface area (TPSA) is 40.1 Å². The predicted octanol–water partition coefficient (Wildman–Crippen LogP) is 1.98. The second kappa shape index (κ2) is 4.88. The van der Waals surface area contributed by atoms with Gasteiger partial charge in [-0.3, -0.25) is 4.21 Å². The highest BCUT2D eigenvalue weighted by atomic mass is 32.2. The van der Waals surface area contributed by atoms with Gasteiger partial charge in [0.2, 0.25) is 0 Å². The molecule has 0 N–H and O–H groups in total. The molecular weight excluding hydrogens is 160 g/mol. The van der Waals surface area contributed by atoms with E-state index in [1.165, 1.54) is 19.3 Å². The van der Waals surface area contributed by atoms with Crippen LogP contribution in [-0.2, 0) is 11.1 Å². The maximum atomic E-state index is 10.6. The monoisotopic (exact) mass is 175 g/mol. The largest absolute Gasteiger partial charge is 0.772 e. The van der Waals surface area contributed by atoms with Gasteiger partial charge in [-0.2, -0.15) is 0 Å². The minimum atomic E-state index is -1.82. The van der Waals surface area contributed by atoms with Crippen molar-refractivity contribution in [3.8, 4) is 0 Å². The zero-order valence-corrected chi connectivity index (χ0v) is 7.57. The van der Waals surface area contributed by atoms with Crippen LogP contribution in [0.5, 0.6) is 0 Å². The van der Waals surface area contributed by atoms with Crippen molar-refractivity contribution in [2.45, 2.75) is 50.2 Å². The summed E-state index contributed by atoms with van der Waals surface area (Å²) in [6.45, 7) is 0. The Bertz CT molecular complexity index is 128. The molecule has 1 aliphatic carbocycles. The summed E-state index contributed by atoms with van der Waals surface area (Å²) in [5.41, 5.74) is 0. The molecule has 0 amide bonds. The lowest BCUT2D eigenvalue weighted by molar-refractivity contribution is 0.467. The lowest BCUT2D eigenvalue weighted by Gasteiger charge is -2.21. The fraction of sp³-hybridized carbons (Fsp3) is 1.00. The Kier molecular flexibility index (Phi) is 4.08. The normalized spacial score (nSPS) is 25.5. The standard InChI is InChI=1S/C8H16O2S/c9-11(10)8-6-4-2-1-3-5-7-8/h8H,1-7H2,(H,9,10)/p-1. The molecule has 0 aromatic carbocycles. The first-order valence-corrected chi connectivity index (χ1v) is 5.52. The summed E-state index contributed by atoms with van der Waals surface area (Å²) in [5.74, 6) is 0. The molecule has 0 aromatic heterocycles. The molecule has 2 nitrogen and oxygen atoms in total. The van der Waals surface area contributed by atoms with E-state index in [1.807, 2.05) is 0 Å². The van der Waals surface area contributed by atoms with Gasteiger partial charge in [-0.15, -0.1) is 0 Å². The molecule has 0 aliphatic heterocycles. The van der Waals surface area contributed by atoms with Gasteiger partial charge in [0, 0.05) is 5.25 Å².